The lowest BCUT2D eigenvalue weighted by molar-refractivity contribution is -0.111. The highest BCUT2D eigenvalue weighted by Crippen LogP contribution is 2.08. The molecule has 0 fully saturated rings. The van der Waals surface area contributed by atoms with Crippen LogP contribution in [0.15, 0.2) is 54.9 Å². The van der Waals surface area contributed by atoms with Gasteiger partial charge in [0.15, 0.2) is 0 Å². The van der Waals surface area contributed by atoms with Gasteiger partial charge in [-0.25, -0.2) is 4.39 Å². The first-order chi connectivity index (χ1) is 8.75. The van der Waals surface area contributed by atoms with Gasteiger partial charge in [-0.05, 0) is 24.3 Å². The number of aromatic nitrogens is 1. The van der Waals surface area contributed by atoms with Crippen molar-refractivity contribution in [2.45, 2.75) is 0 Å². The van der Waals surface area contributed by atoms with E-state index in [4.69, 9.17) is 0 Å². The number of hydrogen-bond donors (Lipinski definition) is 1. The van der Waals surface area contributed by atoms with Gasteiger partial charge in [0.1, 0.15) is 5.82 Å². The lowest BCUT2D eigenvalue weighted by atomic mass is 10.2. The molecule has 0 atom stereocenters. The number of hydrogen-bond acceptors (Lipinski definition) is 2. The fourth-order valence-corrected chi connectivity index (χ4v) is 1.40. The summed E-state index contributed by atoms with van der Waals surface area (Å²) in [5, 5.41) is 2.62. The normalized spacial score (nSPS) is 10.5. The molecular weight excluding hydrogens is 231 g/mol. The molecule has 18 heavy (non-hydrogen) atoms. The average molecular weight is 242 g/mol. The van der Waals surface area contributed by atoms with Crippen LogP contribution in [0.25, 0.3) is 6.08 Å². The highest BCUT2D eigenvalue weighted by Gasteiger charge is 1.99. The fraction of sp³-hybridized carbons (Fsp3) is 0. The second-order valence-corrected chi connectivity index (χ2v) is 3.59. The lowest BCUT2D eigenvalue weighted by Gasteiger charge is -2.00. The van der Waals surface area contributed by atoms with Gasteiger partial charge in [0.2, 0.25) is 5.91 Å². The number of halogens is 1. The predicted molar refractivity (Wildman–Crippen MR) is 68.3 cm³/mol. The maximum atomic E-state index is 13.3. The zero-order valence-electron chi connectivity index (χ0n) is 9.51. The van der Waals surface area contributed by atoms with Crippen molar-refractivity contribution in [3.63, 3.8) is 0 Å². The van der Waals surface area contributed by atoms with Gasteiger partial charge in [0, 0.05) is 17.8 Å². The van der Waals surface area contributed by atoms with Crippen molar-refractivity contribution in [2.24, 2.45) is 0 Å². The van der Waals surface area contributed by atoms with Crippen molar-refractivity contribution in [1.29, 1.82) is 0 Å². The zero-order valence-corrected chi connectivity index (χ0v) is 9.51. The summed E-state index contributed by atoms with van der Waals surface area (Å²) < 4.78 is 13.3. The van der Waals surface area contributed by atoms with E-state index in [1.54, 1.807) is 36.5 Å². The molecule has 1 N–H and O–H groups in total. The molecule has 1 aromatic carbocycles. The van der Waals surface area contributed by atoms with Crippen LogP contribution >= 0.6 is 0 Å². The number of carbonyl (C=O) groups excluding carboxylic acids is 1. The maximum Gasteiger partial charge on any atom is 0.248 e. The second kappa shape index (κ2) is 5.72. The van der Waals surface area contributed by atoms with Gasteiger partial charge >= 0.3 is 0 Å². The topological polar surface area (TPSA) is 42.0 Å². The van der Waals surface area contributed by atoms with Crippen LogP contribution in [-0.4, -0.2) is 10.9 Å². The van der Waals surface area contributed by atoms with Gasteiger partial charge in [-0.2, -0.15) is 0 Å². The first-order valence-corrected chi connectivity index (χ1v) is 5.39. The number of carbonyl (C=O) groups is 1. The fourth-order valence-electron chi connectivity index (χ4n) is 1.40. The molecule has 1 amide bonds. The minimum absolute atomic E-state index is 0.328. The van der Waals surface area contributed by atoms with Gasteiger partial charge in [-0.1, -0.05) is 18.2 Å². The van der Waals surface area contributed by atoms with Crippen LogP contribution in [0.3, 0.4) is 0 Å². The molecule has 2 aromatic rings. The number of nitrogens with one attached hydrogen (secondary N) is 1. The smallest absolute Gasteiger partial charge is 0.248 e. The molecule has 0 radical (unpaired) electrons. The van der Waals surface area contributed by atoms with Crippen molar-refractivity contribution in [2.75, 3.05) is 5.32 Å². The van der Waals surface area contributed by atoms with Crippen LogP contribution in [0.5, 0.6) is 0 Å². The Hall–Kier alpha value is -2.49. The average Bonchev–Trinajstić information content (AvgIpc) is 2.39. The Balaban J connectivity index is 2.02. The number of amides is 1. The Morgan fingerprint density at radius 1 is 1.22 bits per heavy atom. The Morgan fingerprint density at radius 2 is 2.06 bits per heavy atom. The van der Waals surface area contributed by atoms with Crippen molar-refractivity contribution in [3.05, 3.63) is 66.2 Å². The van der Waals surface area contributed by atoms with E-state index in [0.29, 0.717) is 11.3 Å². The third-order valence-electron chi connectivity index (χ3n) is 2.25. The van der Waals surface area contributed by atoms with Crippen LogP contribution in [0, 0.1) is 5.82 Å². The third-order valence-corrected chi connectivity index (χ3v) is 2.25. The molecule has 1 aromatic heterocycles. The molecule has 0 aliphatic heterocycles. The van der Waals surface area contributed by atoms with Gasteiger partial charge in [0.25, 0.3) is 0 Å². The van der Waals surface area contributed by atoms with Crippen LogP contribution in [0.2, 0.25) is 0 Å². The monoisotopic (exact) mass is 242 g/mol. The molecule has 2 rings (SSSR count). The molecule has 0 saturated heterocycles. The van der Waals surface area contributed by atoms with Crippen molar-refractivity contribution >= 4 is 17.7 Å². The Kier molecular flexibility index (Phi) is 3.81. The van der Waals surface area contributed by atoms with Crippen molar-refractivity contribution < 1.29 is 9.18 Å². The van der Waals surface area contributed by atoms with Crippen LogP contribution in [0.4, 0.5) is 10.1 Å². The second-order valence-electron chi connectivity index (χ2n) is 3.59. The minimum Gasteiger partial charge on any atom is -0.321 e. The highest BCUT2D eigenvalue weighted by molar-refractivity contribution is 6.01. The lowest BCUT2D eigenvalue weighted by Crippen LogP contribution is -2.07. The molecule has 4 heteroatoms. The van der Waals surface area contributed by atoms with Crippen molar-refractivity contribution in [3.8, 4) is 0 Å². The van der Waals surface area contributed by atoms with Crippen LogP contribution < -0.4 is 5.32 Å². The maximum absolute atomic E-state index is 13.3. The molecule has 0 aliphatic rings. The molecule has 0 saturated carbocycles. The number of pyridine rings is 1. The van der Waals surface area contributed by atoms with Crippen LogP contribution in [0.1, 0.15) is 5.56 Å². The third kappa shape index (κ3) is 3.25. The molecular formula is C14H11FN2O. The van der Waals surface area contributed by atoms with E-state index in [-0.39, 0.29) is 11.7 Å². The summed E-state index contributed by atoms with van der Waals surface area (Å²) in [6.45, 7) is 0. The largest absolute Gasteiger partial charge is 0.321 e. The zero-order chi connectivity index (χ0) is 12.8. The van der Waals surface area contributed by atoms with E-state index in [9.17, 15) is 9.18 Å². The van der Waals surface area contributed by atoms with E-state index < -0.39 is 0 Å². The van der Waals surface area contributed by atoms with Gasteiger partial charge in [-0.15, -0.1) is 0 Å². The number of benzene rings is 1. The quantitative estimate of drug-likeness (QED) is 0.841. The molecule has 0 bridgehead atoms. The summed E-state index contributed by atoms with van der Waals surface area (Å²) >= 11 is 0. The number of rotatable bonds is 3. The Bertz CT molecular complexity index is 567. The molecule has 0 spiro atoms. The van der Waals surface area contributed by atoms with E-state index >= 15 is 0 Å². The first-order valence-electron chi connectivity index (χ1n) is 5.39. The van der Waals surface area contributed by atoms with E-state index in [1.807, 2.05) is 0 Å². The van der Waals surface area contributed by atoms with E-state index in [1.165, 1.54) is 24.4 Å². The van der Waals surface area contributed by atoms with Gasteiger partial charge in [-0.3, -0.25) is 9.78 Å². The summed E-state index contributed by atoms with van der Waals surface area (Å²) in [7, 11) is 0. The van der Waals surface area contributed by atoms with E-state index in [2.05, 4.69) is 10.3 Å². The number of nitrogens with zero attached hydrogens (tertiary/aromatic N) is 1. The first kappa shape index (κ1) is 12.0. The molecule has 0 aliphatic carbocycles. The SMILES string of the molecule is O=C(/C=C/c1ccccc1F)Nc1cccnc1. The summed E-state index contributed by atoms with van der Waals surface area (Å²) in [5.74, 6) is -0.686. The summed E-state index contributed by atoms with van der Waals surface area (Å²) in [6.07, 6.45) is 5.87. The standard InChI is InChI=1S/C14H11FN2O/c15-13-6-2-1-4-11(13)7-8-14(18)17-12-5-3-9-16-10-12/h1-10H,(H,17,18)/b8-7+. The van der Waals surface area contributed by atoms with Gasteiger partial charge in [0.05, 0.1) is 11.9 Å². The highest BCUT2D eigenvalue weighted by atomic mass is 19.1. The summed E-state index contributed by atoms with van der Waals surface area (Å²) in [5.41, 5.74) is 0.972. The minimum atomic E-state index is -0.358. The molecule has 1 heterocycles. The van der Waals surface area contributed by atoms with Crippen LogP contribution in [-0.2, 0) is 4.79 Å². The van der Waals surface area contributed by atoms with Gasteiger partial charge < -0.3 is 5.32 Å². The predicted octanol–water partition coefficient (Wildman–Crippen LogP) is 2.87. The Morgan fingerprint density at radius 3 is 2.78 bits per heavy atom. The number of anilines is 1. The molecule has 0 unspecified atom stereocenters. The summed E-state index contributed by atoms with van der Waals surface area (Å²) in [6, 6.07) is 9.70. The van der Waals surface area contributed by atoms with Crippen molar-refractivity contribution in [1.82, 2.24) is 4.98 Å². The van der Waals surface area contributed by atoms with E-state index in [0.717, 1.165) is 0 Å². The Labute approximate surface area is 104 Å². The molecule has 3 nitrogen and oxygen atoms in total. The summed E-state index contributed by atoms with van der Waals surface area (Å²) in [4.78, 5) is 15.4. The molecule has 90 valence electrons.